The Hall–Kier alpha value is -3.17. The maximum atomic E-state index is 12.5. The number of halogens is 3. The molecule has 0 atom stereocenters. The van der Waals surface area contributed by atoms with Gasteiger partial charge in [-0.05, 0) is 30.7 Å². The summed E-state index contributed by atoms with van der Waals surface area (Å²) in [6.07, 6.45) is -3.11. The molecule has 0 bridgehead atoms. The van der Waals surface area contributed by atoms with E-state index in [1.807, 2.05) is 0 Å². The topological polar surface area (TPSA) is 107 Å². The number of aryl methyl sites for hydroxylation is 1. The second kappa shape index (κ2) is 8.68. The lowest BCUT2D eigenvalue weighted by Gasteiger charge is -2.14. The minimum absolute atomic E-state index is 0.0413. The predicted molar refractivity (Wildman–Crippen MR) is 95.0 cm³/mol. The standard InChI is InChI=1S/C18H19F3N4O3/c1-3-15(26)25-14-6-11(4-10(2)24-14)5-12-7-13(16(22)27)8-23-17(12)28-9-18(19,20)21/h4,6-8H,3,5,9H2,1-2H3,(H2,22,27)(H,24,25,26). The summed E-state index contributed by atoms with van der Waals surface area (Å²) in [6, 6.07) is 4.62. The number of nitrogens with two attached hydrogens (primary N) is 1. The number of anilines is 1. The average molecular weight is 396 g/mol. The summed E-state index contributed by atoms with van der Waals surface area (Å²) in [4.78, 5) is 31.0. The van der Waals surface area contributed by atoms with Crippen LogP contribution in [0.5, 0.6) is 5.88 Å². The number of amides is 2. The van der Waals surface area contributed by atoms with E-state index < -0.39 is 18.7 Å². The van der Waals surface area contributed by atoms with Crippen LogP contribution in [0.4, 0.5) is 19.0 Å². The van der Waals surface area contributed by atoms with Gasteiger partial charge in [0.2, 0.25) is 17.7 Å². The van der Waals surface area contributed by atoms with Gasteiger partial charge in [-0.25, -0.2) is 9.97 Å². The second-order valence-electron chi connectivity index (χ2n) is 6.04. The fourth-order valence-electron chi connectivity index (χ4n) is 2.40. The van der Waals surface area contributed by atoms with E-state index in [-0.39, 0.29) is 35.8 Å². The van der Waals surface area contributed by atoms with Gasteiger partial charge in [0.15, 0.2) is 6.61 Å². The van der Waals surface area contributed by atoms with E-state index in [9.17, 15) is 22.8 Å². The molecule has 0 aliphatic rings. The van der Waals surface area contributed by atoms with Crippen LogP contribution < -0.4 is 15.8 Å². The lowest BCUT2D eigenvalue weighted by Crippen LogP contribution is -2.21. The molecule has 0 aliphatic heterocycles. The van der Waals surface area contributed by atoms with E-state index in [0.29, 0.717) is 17.1 Å². The molecule has 7 nitrogen and oxygen atoms in total. The summed E-state index contributed by atoms with van der Waals surface area (Å²) in [5.41, 5.74) is 6.76. The van der Waals surface area contributed by atoms with E-state index in [1.165, 1.54) is 6.07 Å². The zero-order valence-corrected chi connectivity index (χ0v) is 15.3. The van der Waals surface area contributed by atoms with Crippen molar-refractivity contribution in [1.29, 1.82) is 0 Å². The molecule has 2 heterocycles. The van der Waals surface area contributed by atoms with Gasteiger partial charge in [0.25, 0.3) is 0 Å². The van der Waals surface area contributed by atoms with Gasteiger partial charge >= 0.3 is 6.18 Å². The first-order valence-electron chi connectivity index (χ1n) is 8.33. The molecule has 2 amide bonds. The summed E-state index contributed by atoms with van der Waals surface area (Å²) in [6.45, 7) is 1.89. The van der Waals surface area contributed by atoms with Crippen LogP contribution >= 0.6 is 0 Å². The molecule has 28 heavy (non-hydrogen) atoms. The second-order valence-corrected chi connectivity index (χ2v) is 6.04. The van der Waals surface area contributed by atoms with E-state index in [1.54, 1.807) is 26.0 Å². The number of carbonyl (C=O) groups is 2. The van der Waals surface area contributed by atoms with Crippen molar-refractivity contribution in [2.24, 2.45) is 5.73 Å². The number of ether oxygens (including phenoxy) is 1. The molecule has 0 saturated heterocycles. The number of pyridine rings is 2. The third-order valence-corrected chi connectivity index (χ3v) is 3.58. The SMILES string of the molecule is CCC(=O)Nc1cc(Cc2cc(C(N)=O)cnc2OCC(F)(F)F)cc(C)n1. The molecule has 0 fully saturated rings. The lowest BCUT2D eigenvalue weighted by atomic mass is 10.0. The van der Waals surface area contributed by atoms with Crippen molar-refractivity contribution in [3.8, 4) is 5.88 Å². The zero-order valence-electron chi connectivity index (χ0n) is 15.3. The van der Waals surface area contributed by atoms with Gasteiger partial charge in [0, 0.05) is 30.3 Å². The van der Waals surface area contributed by atoms with Crippen LogP contribution in [0.1, 0.15) is 40.5 Å². The molecule has 2 rings (SSSR count). The maximum absolute atomic E-state index is 12.5. The normalized spacial score (nSPS) is 11.2. The number of nitrogens with one attached hydrogen (secondary N) is 1. The number of primary amides is 1. The largest absolute Gasteiger partial charge is 0.468 e. The van der Waals surface area contributed by atoms with Crippen LogP contribution in [0.2, 0.25) is 0 Å². The van der Waals surface area contributed by atoms with Crippen LogP contribution in [0.3, 0.4) is 0 Å². The van der Waals surface area contributed by atoms with Gasteiger partial charge in [-0.15, -0.1) is 0 Å². The van der Waals surface area contributed by atoms with E-state index in [0.717, 1.165) is 6.20 Å². The van der Waals surface area contributed by atoms with Crippen molar-refractivity contribution in [3.05, 3.63) is 46.8 Å². The predicted octanol–water partition coefficient (Wildman–Crippen LogP) is 2.76. The highest BCUT2D eigenvalue weighted by Gasteiger charge is 2.29. The quantitative estimate of drug-likeness (QED) is 0.748. The van der Waals surface area contributed by atoms with Crippen molar-refractivity contribution in [2.75, 3.05) is 11.9 Å². The minimum atomic E-state index is -4.54. The fraction of sp³-hybridized carbons (Fsp3) is 0.333. The monoisotopic (exact) mass is 396 g/mol. The van der Waals surface area contributed by atoms with E-state index in [4.69, 9.17) is 10.5 Å². The molecule has 2 aromatic heterocycles. The van der Waals surface area contributed by atoms with Crippen molar-refractivity contribution in [1.82, 2.24) is 9.97 Å². The first-order valence-corrected chi connectivity index (χ1v) is 8.33. The highest BCUT2D eigenvalue weighted by Crippen LogP contribution is 2.24. The summed E-state index contributed by atoms with van der Waals surface area (Å²) in [5.74, 6) is -0.928. The Morgan fingerprint density at radius 2 is 1.96 bits per heavy atom. The average Bonchev–Trinajstić information content (AvgIpc) is 2.59. The molecule has 0 aliphatic carbocycles. The highest BCUT2D eigenvalue weighted by atomic mass is 19.4. The molecule has 3 N–H and O–H groups in total. The van der Waals surface area contributed by atoms with Gasteiger partial charge in [-0.1, -0.05) is 6.92 Å². The Balaban J connectivity index is 2.36. The minimum Gasteiger partial charge on any atom is -0.468 e. The van der Waals surface area contributed by atoms with Crippen molar-refractivity contribution >= 4 is 17.6 Å². The van der Waals surface area contributed by atoms with Gasteiger partial charge in [-0.2, -0.15) is 13.2 Å². The Morgan fingerprint density at radius 1 is 1.25 bits per heavy atom. The molecule has 0 aromatic carbocycles. The van der Waals surface area contributed by atoms with Gasteiger partial charge < -0.3 is 15.8 Å². The van der Waals surface area contributed by atoms with Crippen molar-refractivity contribution in [3.63, 3.8) is 0 Å². The molecular formula is C18H19F3N4O3. The molecule has 10 heteroatoms. The first-order chi connectivity index (χ1) is 13.1. The van der Waals surface area contributed by atoms with Gasteiger partial charge in [0.05, 0.1) is 5.56 Å². The Bertz CT molecular complexity index is 885. The van der Waals surface area contributed by atoms with Gasteiger partial charge in [-0.3, -0.25) is 9.59 Å². The highest BCUT2D eigenvalue weighted by molar-refractivity contribution is 5.92. The molecular weight excluding hydrogens is 377 g/mol. The van der Waals surface area contributed by atoms with Crippen LogP contribution in [-0.4, -0.2) is 34.6 Å². The van der Waals surface area contributed by atoms with E-state index in [2.05, 4.69) is 15.3 Å². The number of nitrogens with zero attached hydrogens (tertiary/aromatic N) is 2. The molecule has 0 spiro atoms. The van der Waals surface area contributed by atoms with Crippen LogP contribution in [0, 0.1) is 6.92 Å². The molecule has 0 radical (unpaired) electrons. The number of rotatable bonds is 7. The van der Waals surface area contributed by atoms with Crippen molar-refractivity contribution < 1.29 is 27.5 Å². The Kier molecular flexibility index (Phi) is 6.55. The third-order valence-electron chi connectivity index (χ3n) is 3.58. The maximum Gasteiger partial charge on any atom is 0.422 e. The molecule has 0 saturated carbocycles. The Labute approximate surface area is 159 Å². The summed E-state index contributed by atoms with van der Waals surface area (Å²) in [5, 5.41) is 2.63. The van der Waals surface area contributed by atoms with Crippen LogP contribution in [0.25, 0.3) is 0 Å². The van der Waals surface area contributed by atoms with Crippen molar-refractivity contribution in [2.45, 2.75) is 32.9 Å². The third kappa shape index (κ3) is 6.22. The Morgan fingerprint density at radius 3 is 2.57 bits per heavy atom. The number of carbonyl (C=O) groups excluding carboxylic acids is 2. The number of hydrogen-bond acceptors (Lipinski definition) is 5. The summed E-state index contributed by atoms with van der Waals surface area (Å²) >= 11 is 0. The number of alkyl halides is 3. The lowest BCUT2D eigenvalue weighted by molar-refractivity contribution is -0.154. The molecule has 2 aromatic rings. The van der Waals surface area contributed by atoms with Crippen LogP contribution in [0.15, 0.2) is 24.4 Å². The van der Waals surface area contributed by atoms with E-state index >= 15 is 0 Å². The number of hydrogen-bond donors (Lipinski definition) is 2. The van der Waals surface area contributed by atoms with Gasteiger partial charge in [0.1, 0.15) is 5.82 Å². The van der Waals surface area contributed by atoms with Crippen LogP contribution in [-0.2, 0) is 11.2 Å². The number of aromatic nitrogens is 2. The first kappa shape index (κ1) is 21.1. The summed E-state index contributed by atoms with van der Waals surface area (Å²) in [7, 11) is 0. The fourth-order valence-corrected chi connectivity index (χ4v) is 2.40. The summed E-state index contributed by atoms with van der Waals surface area (Å²) < 4.78 is 42.3. The molecule has 0 unspecified atom stereocenters. The zero-order chi connectivity index (χ0) is 20.9. The molecule has 150 valence electrons. The smallest absolute Gasteiger partial charge is 0.422 e.